The standard InChI is InChI=1S/C22H31N3O3S/c1-16-11-17(2)22(18(3)12-16)23-20(26)14-24(4)15-21(27)25(8-9-28-5)13-19-7-6-10-29-19/h6-7,10-12H,8-9,13-15H2,1-5H3,(H,23,26). The number of hydrogen-bond acceptors (Lipinski definition) is 5. The molecule has 2 aromatic rings. The van der Waals surface area contributed by atoms with E-state index in [0.29, 0.717) is 19.7 Å². The highest BCUT2D eigenvalue weighted by Crippen LogP contribution is 2.21. The number of amides is 2. The van der Waals surface area contributed by atoms with Crippen molar-refractivity contribution in [2.75, 3.05) is 45.7 Å². The zero-order valence-corrected chi connectivity index (χ0v) is 18.8. The van der Waals surface area contributed by atoms with E-state index < -0.39 is 0 Å². The van der Waals surface area contributed by atoms with Gasteiger partial charge >= 0.3 is 0 Å². The minimum absolute atomic E-state index is 0.0200. The third-order valence-electron chi connectivity index (χ3n) is 4.60. The highest BCUT2D eigenvalue weighted by atomic mass is 32.1. The van der Waals surface area contributed by atoms with Crippen LogP contribution in [-0.4, -0.2) is 62.0 Å². The Balaban J connectivity index is 1.92. The Morgan fingerprint density at radius 2 is 1.83 bits per heavy atom. The van der Waals surface area contributed by atoms with E-state index in [0.717, 1.165) is 21.7 Å². The molecule has 2 rings (SSSR count). The molecular weight excluding hydrogens is 386 g/mol. The SMILES string of the molecule is COCCN(Cc1cccs1)C(=O)CN(C)CC(=O)Nc1c(C)cc(C)cc1C. The van der Waals surface area contributed by atoms with Crippen molar-refractivity contribution in [1.29, 1.82) is 0 Å². The molecule has 0 atom stereocenters. The molecule has 6 nitrogen and oxygen atoms in total. The molecule has 1 N–H and O–H groups in total. The highest BCUT2D eigenvalue weighted by molar-refractivity contribution is 7.09. The van der Waals surface area contributed by atoms with Crippen molar-refractivity contribution in [2.24, 2.45) is 0 Å². The maximum absolute atomic E-state index is 12.8. The topological polar surface area (TPSA) is 61.9 Å². The first-order chi connectivity index (χ1) is 13.8. The fourth-order valence-electron chi connectivity index (χ4n) is 3.27. The number of benzene rings is 1. The van der Waals surface area contributed by atoms with Crippen LogP contribution in [0.2, 0.25) is 0 Å². The normalized spacial score (nSPS) is 11.0. The Kier molecular flexibility index (Phi) is 8.82. The number of anilines is 1. The molecule has 2 amide bonds. The molecule has 0 aliphatic rings. The van der Waals surface area contributed by atoms with Crippen LogP contribution in [0.1, 0.15) is 21.6 Å². The van der Waals surface area contributed by atoms with E-state index in [9.17, 15) is 9.59 Å². The molecule has 1 heterocycles. The van der Waals surface area contributed by atoms with Gasteiger partial charge in [-0.3, -0.25) is 14.5 Å². The van der Waals surface area contributed by atoms with Crippen molar-refractivity contribution in [3.8, 4) is 0 Å². The lowest BCUT2D eigenvalue weighted by Gasteiger charge is -2.25. The van der Waals surface area contributed by atoms with Crippen molar-refractivity contribution in [2.45, 2.75) is 27.3 Å². The van der Waals surface area contributed by atoms with E-state index >= 15 is 0 Å². The van der Waals surface area contributed by atoms with Crippen molar-refractivity contribution in [3.05, 3.63) is 51.2 Å². The lowest BCUT2D eigenvalue weighted by atomic mass is 10.1. The maximum Gasteiger partial charge on any atom is 0.238 e. The van der Waals surface area contributed by atoms with Gasteiger partial charge in [0.2, 0.25) is 11.8 Å². The predicted molar refractivity (Wildman–Crippen MR) is 118 cm³/mol. The number of carbonyl (C=O) groups is 2. The summed E-state index contributed by atoms with van der Waals surface area (Å²) >= 11 is 1.62. The predicted octanol–water partition coefficient (Wildman–Crippen LogP) is 3.22. The van der Waals surface area contributed by atoms with Crippen LogP contribution in [0.4, 0.5) is 5.69 Å². The van der Waals surface area contributed by atoms with E-state index in [4.69, 9.17) is 4.74 Å². The molecule has 29 heavy (non-hydrogen) atoms. The zero-order chi connectivity index (χ0) is 21.4. The van der Waals surface area contributed by atoms with Gasteiger partial charge in [-0.05, 0) is 50.4 Å². The van der Waals surface area contributed by atoms with Gasteiger partial charge in [-0.2, -0.15) is 0 Å². The van der Waals surface area contributed by atoms with Gasteiger partial charge in [0.15, 0.2) is 0 Å². The Morgan fingerprint density at radius 1 is 1.14 bits per heavy atom. The van der Waals surface area contributed by atoms with Crippen molar-refractivity contribution >= 4 is 28.8 Å². The fraction of sp³-hybridized carbons (Fsp3) is 0.455. The molecule has 1 aromatic heterocycles. The quantitative estimate of drug-likeness (QED) is 0.645. The zero-order valence-electron chi connectivity index (χ0n) is 17.9. The molecule has 0 aliphatic carbocycles. The maximum atomic E-state index is 12.8. The molecule has 0 spiro atoms. The number of nitrogens with one attached hydrogen (secondary N) is 1. The Bertz CT molecular complexity index is 798. The van der Waals surface area contributed by atoms with Crippen molar-refractivity contribution in [3.63, 3.8) is 0 Å². The van der Waals surface area contributed by atoms with Crippen LogP contribution in [0.5, 0.6) is 0 Å². The van der Waals surface area contributed by atoms with Gasteiger partial charge in [0, 0.05) is 24.2 Å². The first-order valence-electron chi connectivity index (χ1n) is 9.65. The average molecular weight is 418 g/mol. The molecule has 1 aromatic carbocycles. The monoisotopic (exact) mass is 417 g/mol. The lowest BCUT2D eigenvalue weighted by Crippen LogP contribution is -2.42. The van der Waals surface area contributed by atoms with E-state index in [-0.39, 0.29) is 24.9 Å². The second kappa shape index (κ2) is 11.1. The summed E-state index contributed by atoms with van der Waals surface area (Å²) in [5.41, 5.74) is 4.09. The minimum Gasteiger partial charge on any atom is -0.383 e. The summed E-state index contributed by atoms with van der Waals surface area (Å²) in [4.78, 5) is 29.9. The molecule has 0 unspecified atom stereocenters. The Morgan fingerprint density at radius 3 is 2.41 bits per heavy atom. The average Bonchev–Trinajstić information content (AvgIpc) is 3.14. The number of carbonyl (C=O) groups excluding carboxylic acids is 2. The molecular formula is C22H31N3O3S. The Hall–Kier alpha value is -2.22. The summed E-state index contributed by atoms with van der Waals surface area (Å²) in [5, 5.41) is 4.99. The van der Waals surface area contributed by atoms with E-state index in [2.05, 4.69) is 5.32 Å². The van der Waals surface area contributed by atoms with Crippen LogP contribution in [0.3, 0.4) is 0 Å². The molecule has 0 bridgehead atoms. The van der Waals surface area contributed by atoms with Gasteiger partial charge < -0.3 is 15.0 Å². The number of thiophene rings is 1. The number of nitrogens with zero attached hydrogens (tertiary/aromatic N) is 2. The van der Waals surface area contributed by atoms with Crippen LogP contribution >= 0.6 is 11.3 Å². The number of likely N-dealkylation sites (N-methyl/N-ethyl adjacent to an activating group) is 1. The van der Waals surface area contributed by atoms with Crippen molar-refractivity contribution < 1.29 is 14.3 Å². The van der Waals surface area contributed by atoms with Gasteiger partial charge in [-0.15, -0.1) is 11.3 Å². The lowest BCUT2D eigenvalue weighted by molar-refractivity contribution is -0.133. The Labute approximate surface area is 177 Å². The molecule has 0 saturated heterocycles. The molecule has 158 valence electrons. The number of rotatable bonds is 10. The molecule has 0 fully saturated rings. The van der Waals surface area contributed by atoms with Gasteiger partial charge in [0.05, 0.1) is 26.2 Å². The number of hydrogen-bond donors (Lipinski definition) is 1. The number of aryl methyl sites for hydroxylation is 3. The second-order valence-electron chi connectivity index (χ2n) is 7.38. The first kappa shape index (κ1) is 23.1. The largest absolute Gasteiger partial charge is 0.383 e. The fourth-order valence-corrected chi connectivity index (χ4v) is 3.99. The first-order valence-corrected chi connectivity index (χ1v) is 10.5. The van der Waals surface area contributed by atoms with Gasteiger partial charge in [0.1, 0.15) is 0 Å². The summed E-state index contributed by atoms with van der Waals surface area (Å²) in [5.74, 6) is -0.148. The molecule has 0 saturated carbocycles. The smallest absolute Gasteiger partial charge is 0.238 e. The van der Waals surface area contributed by atoms with Crippen LogP contribution < -0.4 is 5.32 Å². The van der Waals surface area contributed by atoms with Crippen LogP contribution in [-0.2, 0) is 20.9 Å². The summed E-state index contributed by atoms with van der Waals surface area (Å²) in [7, 11) is 3.41. The van der Waals surface area contributed by atoms with E-state index in [1.54, 1.807) is 35.3 Å². The van der Waals surface area contributed by atoms with Gasteiger partial charge in [-0.25, -0.2) is 0 Å². The highest BCUT2D eigenvalue weighted by Gasteiger charge is 2.18. The van der Waals surface area contributed by atoms with Crippen molar-refractivity contribution in [1.82, 2.24) is 9.80 Å². The second-order valence-corrected chi connectivity index (χ2v) is 8.41. The van der Waals surface area contributed by atoms with E-state index in [1.807, 2.05) is 50.4 Å². The minimum atomic E-state index is -0.128. The summed E-state index contributed by atoms with van der Waals surface area (Å²) in [6.45, 7) is 7.90. The summed E-state index contributed by atoms with van der Waals surface area (Å²) in [6.07, 6.45) is 0. The van der Waals surface area contributed by atoms with Gasteiger partial charge in [-0.1, -0.05) is 23.8 Å². The number of ether oxygens (including phenoxy) is 1. The van der Waals surface area contributed by atoms with Crippen LogP contribution in [0.25, 0.3) is 0 Å². The molecule has 0 aliphatic heterocycles. The van der Waals surface area contributed by atoms with Gasteiger partial charge in [0.25, 0.3) is 0 Å². The number of methoxy groups -OCH3 is 1. The summed E-state index contributed by atoms with van der Waals surface area (Å²) in [6, 6.07) is 8.09. The van der Waals surface area contributed by atoms with Crippen LogP contribution in [0, 0.1) is 20.8 Å². The van der Waals surface area contributed by atoms with Crippen LogP contribution in [0.15, 0.2) is 29.6 Å². The third kappa shape index (κ3) is 7.27. The third-order valence-corrected chi connectivity index (χ3v) is 5.47. The molecule has 7 heteroatoms. The molecule has 0 radical (unpaired) electrons. The van der Waals surface area contributed by atoms with E-state index in [1.165, 1.54) is 5.56 Å². The summed E-state index contributed by atoms with van der Waals surface area (Å²) < 4.78 is 5.14.